The number of rotatable bonds is 2. The normalized spacial score (nSPS) is 23.8. The highest BCUT2D eigenvalue weighted by Gasteiger charge is 2.34. The van der Waals surface area contributed by atoms with Crippen LogP contribution in [0.3, 0.4) is 0 Å². The molecule has 1 aliphatic heterocycles. The molecule has 2 rings (SSSR count). The van der Waals surface area contributed by atoms with Gasteiger partial charge in [-0.15, -0.1) is 0 Å². The molecule has 3 heteroatoms. The number of piperidine rings is 1. The third kappa shape index (κ3) is 2.75. The van der Waals surface area contributed by atoms with Crippen molar-refractivity contribution in [2.45, 2.75) is 26.3 Å². The minimum absolute atomic E-state index is 0.298. The number of nitrogens with one attached hydrogen (secondary N) is 1. The zero-order valence-electron chi connectivity index (χ0n) is 10.8. The molecule has 17 heavy (non-hydrogen) atoms. The van der Waals surface area contributed by atoms with Crippen molar-refractivity contribution in [2.75, 3.05) is 25.0 Å². The van der Waals surface area contributed by atoms with E-state index < -0.39 is 0 Å². The van der Waals surface area contributed by atoms with E-state index in [4.69, 9.17) is 11.6 Å². The molecule has 1 unspecified atom stereocenters. The first-order valence-electron chi connectivity index (χ1n) is 6.21. The van der Waals surface area contributed by atoms with E-state index in [1.165, 1.54) is 12.1 Å². The van der Waals surface area contributed by atoms with Crippen molar-refractivity contribution in [2.24, 2.45) is 5.41 Å². The predicted octanol–water partition coefficient (Wildman–Crippen LogP) is 3.16. The summed E-state index contributed by atoms with van der Waals surface area (Å²) in [5, 5.41) is 4.23. The fraction of sp³-hybridized carbons (Fsp3) is 0.571. The number of hydrogen-bond donors (Lipinski definition) is 1. The van der Waals surface area contributed by atoms with Crippen molar-refractivity contribution in [1.82, 2.24) is 5.32 Å². The van der Waals surface area contributed by atoms with E-state index >= 15 is 0 Å². The van der Waals surface area contributed by atoms with Crippen LogP contribution in [-0.4, -0.2) is 26.2 Å². The molecule has 94 valence electrons. The summed E-state index contributed by atoms with van der Waals surface area (Å²) in [4.78, 5) is 2.45. The Kier molecular flexibility index (Phi) is 3.64. The summed E-state index contributed by atoms with van der Waals surface area (Å²) in [5.41, 5.74) is 1.57. The molecule has 1 fully saturated rings. The van der Waals surface area contributed by atoms with Gasteiger partial charge in [0.05, 0.1) is 0 Å². The summed E-state index contributed by atoms with van der Waals surface area (Å²) in [6.07, 6.45) is 1.19. The van der Waals surface area contributed by atoms with Crippen LogP contribution < -0.4 is 10.2 Å². The van der Waals surface area contributed by atoms with Crippen LogP contribution in [0.5, 0.6) is 0 Å². The lowest BCUT2D eigenvalue weighted by molar-refractivity contribution is 0.215. The molecule has 1 heterocycles. The maximum atomic E-state index is 5.92. The summed E-state index contributed by atoms with van der Waals surface area (Å²) < 4.78 is 0. The number of benzene rings is 1. The van der Waals surface area contributed by atoms with E-state index in [1.54, 1.807) is 0 Å². The first-order valence-corrected chi connectivity index (χ1v) is 6.58. The molecule has 0 bridgehead atoms. The zero-order chi connectivity index (χ0) is 12.5. The smallest absolute Gasteiger partial charge is 0.0407 e. The molecule has 1 N–H and O–H groups in total. The third-order valence-corrected chi connectivity index (χ3v) is 4.02. The maximum absolute atomic E-state index is 5.92. The Hall–Kier alpha value is -0.730. The van der Waals surface area contributed by atoms with Gasteiger partial charge in [0.15, 0.2) is 0 Å². The molecule has 0 spiro atoms. The predicted molar refractivity (Wildman–Crippen MR) is 74.9 cm³/mol. The maximum Gasteiger partial charge on any atom is 0.0407 e. The van der Waals surface area contributed by atoms with Gasteiger partial charge in [0.1, 0.15) is 0 Å². The van der Waals surface area contributed by atoms with Gasteiger partial charge in [-0.3, -0.25) is 0 Å². The molecule has 1 aromatic rings. The topological polar surface area (TPSA) is 15.3 Å². The fourth-order valence-corrected chi connectivity index (χ4v) is 2.89. The largest absolute Gasteiger partial charge is 0.371 e. The molecular weight excluding hydrogens is 232 g/mol. The van der Waals surface area contributed by atoms with Crippen molar-refractivity contribution in [1.29, 1.82) is 0 Å². The van der Waals surface area contributed by atoms with Crippen molar-refractivity contribution >= 4 is 17.3 Å². The Bertz CT molecular complexity index is 372. The van der Waals surface area contributed by atoms with Gasteiger partial charge < -0.3 is 10.2 Å². The molecule has 0 amide bonds. The number of nitrogens with zero attached hydrogens (tertiary/aromatic N) is 1. The third-order valence-electron chi connectivity index (χ3n) is 3.77. The number of anilines is 1. The molecule has 0 saturated carbocycles. The molecule has 0 radical (unpaired) electrons. The molecule has 1 atom stereocenters. The first-order chi connectivity index (χ1) is 8.03. The van der Waals surface area contributed by atoms with E-state index in [-0.39, 0.29) is 0 Å². The molecule has 1 aliphatic rings. The van der Waals surface area contributed by atoms with E-state index in [9.17, 15) is 0 Å². The van der Waals surface area contributed by atoms with Gasteiger partial charge >= 0.3 is 0 Å². The van der Waals surface area contributed by atoms with Crippen molar-refractivity contribution in [3.8, 4) is 0 Å². The molecular formula is C14H21ClN2. The summed E-state index contributed by atoms with van der Waals surface area (Å²) in [7, 11) is 2.06. The highest BCUT2D eigenvalue weighted by molar-refractivity contribution is 6.30. The number of halogens is 1. The quantitative estimate of drug-likeness (QED) is 0.870. The zero-order valence-corrected chi connectivity index (χ0v) is 11.6. The monoisotopic (exact) mass is 252 g/mol. The van der Waals surface area contributed by atoms with Gasteiger partial charge in [-0.1, -0.05) is 25.4 Å². The van der Waals surface area contributed by atoms with Gasteiger partial charge in [-0.2, -0.15) is 0 Å². The fourth-order valence-electron chi connectivity index (χ4n) is 2.76. The summed E-state index contributed by atoms with van der Waals surface area (Å²) >= 11 is 5.92. The Morgan fingerprint density at radius 2 is 1.94 bits per heavy atom. The van der Waals surface area contributed by atoms with Gasteiger partial charge in [0.2, 0.25) is 0 Å². The van der Waals surface area contributed by atoms with E-state index in [1.807, 2.05) is 12.1 Å². The van der Waals surface area contributed by atoms with E-state index in [0.29, 0.717) is 11.5 Å². The van der Waals surface area contributed by atoms with Crippen LogP contribution in [0.2, 0.25) is 5.02 Å². The van der Waals surface area contributed by atoms with Gasteiger partial charge in [0, 0.05) is 29.8 Å². The van der Waals surface area contributed by atoms with Crippen LogP contribution in [0.1, 0.15) is 20.3 Å². The Labute approximate surface area is 109 Å². The average molecular weight is 253 g/mol. The Morgan fingerprint density at radius 3 is 2.47 bits per heavy atom. The molecule has 0 aliphatic carbocycles. The van der Waals surface area contributed by atoms with Crippen molar-refractivity contribution < 1.29 is 0 Å². The SMILES string of the molecule is CNC1CCN(c2ccc(Cl)cc2)CC1(C)C. The minimum Gasteiger partial charge on any atom is -0.371 e. The second kappa shape index (κ2) is 4.87. The van der Waals surface area contributed by atoms with Crippen molar-refractivity contribution in [3.05, 3.63) is 29.3 Å². The van der Waals surface area contributed by atoms with Crippen LogP contribution in [0.15, 0.2) is 24.3 Å². The number of hydrogen-bond acceptors (Lipinski definition) is 2. The Balaban J connectivity index is 2.12. The van der Waals surface area contributed by atoms with E-state index in [0.717, 1.165) is 18.1 Å². The second-order valence-electron chi connectivity index (χ2n) is 5.52. The lowest BCUT2D eigenvalue weighted by atomic mass is 9.79. The van der Waals surface area contributed by atoms with Crippen LogP contribution in [-0.2, 0) is 0 Å². The summed E-state index contributed by atoms with van der Waals surface area (Å²) in [6, 6.07) is 8.75. The molecule has 1 saturated heterocycles. The lowest BCUT2D eigenvalue weighted by Crippen LogP contribution is -2.53. The molecule has 2 nitrogen and oxygen atoms in total. The Morgan fingerprint density at radius 1 is 1.29 bits per heavy atom. The lowest BCUT2D eigenvalue weighted by Gasteiger charge is -2.45. The van der Waals surface area contributed by atoms with Crippen LogP contribution in [0.4, 0.5) is 5.69 Å². The van der Waals surface area contributed by atoms with Crippen LogP contribution in [0.25, 0.3) is 0 Å². The molecule has 1 aromatic carbocycles. The van der Waals surface area contributed by atoms with Crippen molar-refractivity contribution in [3.63, 3.8) is 0 Å². The second-order valence-corrected chi connectivity index (χ2v) is 5.95. The van der Waals surface area contributed by atoms with E-state index in [2.05, 4.69) is 43.2 Å². The van der Waals surface area contributed by atoms with Crippen LogP contribution >= 0.6 is 11.6 Å². The molecule has 0 aromatic heterocycles. The highest BCUT2D eigenvalue weighted by atomic mass is 35.5. The average Bonchev–Trinajstić information content (AvgIpc) is 2.28. The highest BCUT2D eigenvalue weighted by Crippen LogP contribution is 2.32. The van der Waals surface area contributed by atoms with Gasteiger partial charge in [0.25, 0.3) is 0 Å². The summed E-state index contributed by atoms with van der Waals surface area (Å²) in [5.74, 6) is 0. The van der Waals surface area contributed by atoms with Gasteiger partial charge in [-0.05, 0) is 43.1 Å². The minimum atomic E-state index is 0.298. The first kappa shape index (κ1) is 12.7. The summed E-state index contributed by atoms with van der Waals surface area (Å²) in [6.45, 7) is 6.85. The standard InChI is InChI=1S/C14H21ClN2/c1-14(2)10-17(9-8-13(14)16-3)12-6-4-11(15)5-7-12/h4-7,13,16H,8-10H2,1-3H3. The van der Waals surface area contributed by atoms with Gasteiger partial charge in [-0.25, -0.2) is 0 Å². The van der Waals surface area contributed by atoms with Crippen LogP contribution in [0, 0.1) is 5.41 Å².